The van der Waals surface area contributed by atoms with Gasteiger partial charge >= 0.3 is 0 Å². The number of rotatable bonds is 8. The first-order chi connectivity index (χ1) is 10.3. The Balaban J connectivity index is 2.78. The van der Waals surface area contributed by atoms with Gasteiger partial charge in [-0.3, -0.25) is 4.79 Å². The van der Waals surface area contributed by atoms with Gasteiger partial charge in [-0.15, -0.1) is 0 Å². The third-order valence-electron chi connectivity index (χ3n) is 3.66. The number of hydrogen-bond acceptors (Lipinski definition) is 3. The summed E-state index contributed by atoms with van der Waals surface area (Å²) in [7, 11) is 1.57. The number of benzene rings is 1. The zero-order valence-corrected chi connectivity index (χ0v) is 14.7. The highest BCUT2D eigenvalue weighted by Crippen LogP contribution is 2.24. The van der Waals surface area contributed by atoms with Crippen LogP contribution in [0, 0.1) is 12.8 Å². The molecule has 0 fully saturated rings. The van der Waals surface area contributed by atoms with Crippen molar-refractivity contribution in [1.29, 1.82) is 0 Å². The standard InChI is InChI=1S/C18H29NO3/c1-7-10-18(5,21-6)17(20)19-15-8-9-16(14(4)11-15)22-12-13(2)3/h8-9,11,13H,7,10,12H2,1-6H3,(H,19,20). The molecule has 0 heterocycles. The topological polar surface area (TPSA) is 47.6 Å². The molecule has 1 amide bonds. The molecule has 4 nitrogen and oxygen atoms in total. The van der Waals surface area contributed by atoms with Gasteiger partial charge < -0.3 is 14.8 Å². The van der Waals surface area contributed by atoms with Gasteiger partial charge in [0, 0.05) is 12.8 Å². The van der Waals surface area contributed by atoms with Crippen LogP contribution in [0.25, 0.3) is 0 Å². The lowest BCUT2D eigenvalue weighted by atomic mass is 9.99. The fourth-order valence-electron chi connectivity index (χ4n) is 2.19. The number of anilines is 1. The third kappa shape index (κ3) is 5.02. The van der Waals surface area contributed by atoms with Crippen molar-refractivity contribution in [3.8, 4) is 5.75 Å². The lowest BCUT2D eigenvalue weighted by molar-refractivity contribution is -0.136. The molecular formula is C18H29NO3. The average Bonchev–Trinajstić information content (AvgIpc) is 2.46. The van der Waals surface area contributed by atoms with Crippen LogP contribution < -0.4 is 10.1 Å². The van der Waals surface area contributed by atoms with E-state index in [1.807, 2.05) is 39.0 Å². The van der Waals surface area contributed by atoms with Crippen LogP contribution in [0.3, 0.4) is 0 Å². The van der Waals surface area contributed by atoms with E-state index < -0.39 is 5.60 Å². The van der Waals surface area contributed by atoms with Crippen LogP contribution in [0.1, 0.15) is 46.1 Å². The van der Waals surface area contributed by atoms with Gasteiger partial charge in [0.1, 0.15) is 11.4 Å². The SMILES string of the molecule is CCCC(C)(OC)C(=O)Nc1ccc(OCC(C)C)c(C)c1. The Morgan fingerprint density at radius 3 is 2.55 bits per heavy atom. The van der Waals surface area contributed by atoms with Gasteiger partial charge in [-0.2, -0.15) is 0 Å². The Bertz CT molecular complexity index is 499. The normalized spacial score (nSPS) is 13.8. The Morgan fingerprint density at radius 2 is 2.05 bits per heavy atom. The van der Waals surface area contributed by atoms with Gasteiger partial charge in [0.25, 0.3) is 5.91 Å². The molecule has 1 N–H and O–H groups in total. The smallest absolute Gasteiger partial charge is 0.256 e. The van der Waals surface area contributed by atoms with E-state index in [1.54, 1.807) is 7.11 Å². The van der Waals surface area contributed by atoms with Crippen LogP contribution in [-0.4, -0.2) is 25.2 Å². The largest absolute Gasteiger partial charge is 0.493 e. The molecule has 4 heteroatoms. The predicted molar refractivity (Wildman–Crippen MR) is 90.5 cm³/mol. The number of carbonyl (C=O) groups excluding carboxylic acids is 1. The van der Waals surface area contributed by atoms with E-state index in [-0.39, 0.29) is 5.91 Å². The lowest BCUT2D eigenvalue weighted by Gasteiger charge is -2.26. The first-order valence-electron chi connectivity index (χ1n) is 7.92. The minimum Gasteiger partial charge on any atom is -0.493 e. The van der Waals surface area contributed by atoms with Crippen molar-refractivity contribution in [2.45, 2.75) is 53.1 Å². The number of hydrogen-bond donors (Lipinski definition) is 1. The van der Waals surface area contributed by atoms with E-state index in [0.717, 1.165) is 23.4 Å². The van der Waals surface area contributed by atoms with Crippen LogP contribution in [0.2, 0.25) is 0 Å². The number of nitrogens with one attached hydrogen (secondary N) is 1. The molecule has 0 aliphatic rings. The van der Waals surface area contributed by atoms with Crippen LogP contribution in [0.15, 0.2) is 18.2 Å². The van der Waals surface area contributed by atoms with Crippen LogP contribution in [0.5, 0.6) is 5.75 Å². The van der Waals surface area contributed by atoms with Crippen molar-refractivity contribution in [2.75, 3.05) is 19.0 Å². The zero-order valence-electron chi connectivity index (χ0n) is 14.7. The number of amides is 1. The Morgan fingerprint density at radius 1 is 1.36 bits per heavy atom. The molecule has 0 radical (unpaired) electrons. The molecule has 0 saturated heterocycles. The number of methoxy groups -OCH3 is 1. The van der Waals surface area contributed by atoms with Crippen molar-refractivity contribution in [3.63, 3.8) is 0 Å². The van der Waals surface area contributed by atoms with Gasteiger partial charge in [0.15, 0.2) is 0 Å². The maximum absolute atomic E-state index is 12.4. The van der Waals surface area contributed by atoms with Gasteiger partial charge in [-0.25, -0.2) is 0 Å². The van der Waals surface area contributed by atoms with E-state index >= 15 is 0 Å². The summed E-state index contributed by atoms with van der Waals surface area (Å²) in [5.41, 5.74) is 0.974. The number of ether oxygens (including phenoxy) is 2. The van der Waals surface area contributed by atoms with E-state index in [4.69, 9.17) is 9.47 Å². The van der Waals surface area contributed by atoms with E-state index in [1.165, 1.54) is 0 Å². The van der Waals surface area contributed by atoms with Crippen molar-refractivity contribution in [3.05, 3.63) is 23.8 Å². The van der Waals surface area contributed by atoms with Gasteiger partial charge in [0.2, 0.25) is 0 Å². The van der Waals surface area contributed by atoms with Crippen molar-refractivity contribution < 1.29 is 14.3 Å². The summed E-state index contributed by atoms with van der Waals surface area (Å²) in [6.45, 7) is 10.7. The highest BCUT2D eigenvalue weighted by atomic mass is 16.5. The predicted octanol–water partition coefficient (Wildman–Crippen LogP) is 4.17. The molecular weight excluding hydrogens is 278 g/mol. The second-order valence-corrected chi connectivity index (χ2v) is 6.32. The molecule has 1 aromatic rings. The molecule has 1 rings (SSSR count). The summed E-state index contributed by atoms with van der Waals surface area (Å²) in [6.07, 6.45) is 1.57. The number of carbonyl (C=O) groups is 1. The molecule has 124 valence electrons. The summed E-state index contributed by atoms with van der Waals surface area (Å²) >= 11 is 0. The van der Waals surface area contributed by atoms with Gasteiger partial charge in [-0.1, -0.05) is 27.2 Å². The molecule has 0 saturated carbocycles. The van der Waals surface area contributed by atoms with Crippen LogP contribution >= 0.6 is 0 Å². The minimum atomic E-state index is -0.796. The molecule has 22 heavy (non-hydrogen) atoms. The van der Waals surface area contributed by atoms with Crippen molar-refractivity contribution >= 4 is 11.6 Å². The Hall–Kier alpha value is -1.55. The summed E-state index contributed by atoms with van der Waals surface area (Å²) < 4.78 is 11.1. The highest BCUT2D eigenvalue weighted by Gasteiger charge is 2.32. The molecule has 0 aliphatic heterocycles. The first kappa shape index (κ1) is 18.5. The van der Waals surface area contributed by atoms with Gasteiger partial charge in [-0.05, 0) is 49.9 Å². The lowest BCUT2D eigenvalue weighted by Crippen LogP contribution is -2.41. The first-order valence-corrected chi connectivity index (χ1v) is 7.92. The second-order valence-electron chi connectivity index (χ2n) is 6.32. The molecule has 1 aromatic carbocycles. The van der Waals surface area contributed by atoms with Crippen molar-refractivity contribution in [1.82, 2.24) is 0 Å². The molecule has 0 aliphatic carbocycles. The zero-order chi connectivity index (χ0) is 16.8. The third-order valence-corrected chi connectivity index (χ3v) is 3.66. The van der Waals surface area contributed by atoms with Crippen LogP contribution in [-0.2, 0) is 9.53 Å². The monoisotopic (exact) mass is 307 g/mol. The summed E-state index contributed by atoms with van der Waals surface area (Å²) in [4.78, 5) is 12.4. The number of aryl methyl sites for hydroxylation is 1. The Labute approximate surface area is 134 Å². The maximum atomic E-state index is 12.4. The van der Waals surface area contributed by atoms with Crippen LogP contribution in [0.4, 0.5) is 5.69 Å². The van der Waals surface area contributed by atoms with E-state index in [2.05, 4.69) is 19.2 Å². The molecule has 0 bridgehead atoms. The molecule has 1 atom stereocenters. The van der Waals surface area contributed by atoms with E-state index in [0.29, 0.717) is 18.9 Å². The highest BCUT2D eigenvalue weighted by molar-refractivity contribution is 5.97. The van der Waals surface area contributed by atoms with Crippen molar-refractivity contribution in [2.24, 2.45) is 5.92 Å². The van der Waals surface area contributed by atoms with E-state index in [9.17, 15) is 4.79 Å². The average molecular weight is 307 g/mol. The Kier molecular flexibility index (Phi) is 6.88. The molecule has 0 spiro atoms. The van der Waals surface area contributed by atoms with Gasteiger partial charge in [0.05, 0.1) is 6.61 Å². The fourth-order valence-corrected chi connectivity index (χ4v) is 2.19. The summed E-state index contributed by atoms with van der Waals surface area (Å²) in [5.74, 6) is 1.22. The second kappa shape index (κ2) is 8.18. The minimum absolute atomic E-state index is 0.118. The summed E-state index contributed by atoms with van der Waals surface area (Å²) in [5, 5.41) is 2.93. The maximum Gasteiger partial charge on any atom is 0.256 e. The summed E-state index contributed by atoms with van der Waals surface area (Å²) in [6, 6.07) is 5.69. The molecule has 0 aromatic heterocycles. The fraction of sp³-hybridized carbons (Fsp3) is 0.611. The quantitative estimate of drug-likeness (QED) is 0.784. The molecule has 1 unspecified atom stereocenters.